The first-order chi connectivity index (χ1) is 8.10. The zero-order valence-electron chi connectivity index (χ0n) is 10.0. The molecule has 2 aromatic rings. The summed E-state index contributed by atoms with van der Waals surface area (Å²) in [6.45, 7) is 5.92. The van der Waals surface area contributed by atoms with Gasteiger partial charge in [0.1, 0.15) is 5.82 Å². The highest BCUT2D eigenvalue weighted by Crippen LogP contribution is 2.22. The van der Waals surface area contributed by atoms with Gasteiger partial charge in [0.15, 0.2) is 5.82 Å². The van der Waals surface area contributed by atoms with Crippen molar-refractivity contribution in [3.63, 3.8) is 0 Å². The molecule has 2 aromatic heterocycles. The van der Waals surface area contributed by atoms with Crippen LogP contribution in [0.15, 0.2) is 6.07 Å². The summed E-state index contributed by atoms with van der Waals surface area (Å²) in [6, 6.07) is 1.91. The van der Waals surface area contributed by atoms with E-state index < -0.39 is 0 Å². The van der Waals surface area contributed by atoms with Crippen molar-refractivity contribution in [2.45, 2.75) is 27.2 Å². The third-order valence-corrected chi connectivity index (χ3v) is 2.66. The number of anilines is 2. The van der Waals surface area contributed by atoms with Crippen LogP contribution in [0.5, 0.6) is 0 Å². The zero-order valence-corrected chi connectivity index (χ0v) is 10.8. The lowest BCUT2D eigenvalue weighted by Gasteiger charge is -2.10. The molecule has 90 valence electrons. The maximum Gasteiger partial charge on any atom is 0.224 e. The second-order valence-electron chi connectivity index (χ2n) is 3.82. The summed E-state index contributed by atoms with van der Waals surface area (Å²) in [5.74, 6) is 1.45. The Bertz CT molecular complexity index is 535. The molecule has 0 atom stereocenters. The van der Waals surface area contributed by atoms with Crippen molar-refractivity contribution in [2.75, 3.05) is 5.32 Å². The number of halogens is 1. The maximum absolute atomic E-state index is 5.86. The highest BCUT2D eigenvalue weighted by molar-refractivity contribution is 6.28. The Balaban J connectivity index is 2.37. The molecule has 0 spiro atoms. The molecule has 0 aliphatic carbocycles. The van der Waals surface area contributed by atoms with E-state index in [-0.39, 0.29) is 5.28 Å². The first-order valence-corrected chi connectivity index (χ1v) is 5.80. The average molecular weight is 252 g/mol. The fourth-order valence-electron chi connectivity index (χ4n) is 1.69. The van der Waals surface area contributed by atoms with Crippen molar-refractivity contribution in [1.82, 2.24) is 20.2 Å². The van der Waals surface area contributed by atoms with Gasteiger partial charge >= 0.3 is 0 Å². The molecule has 2 N–H and O–H groups in total. The van der Waals surface area contributed by atoms with Gasteiger partial charge in [-0.15, -0.1) is 0 Å². The molecule has 17 heavy (non-hydrogen) atoms. The van der Waals surface area contributed by atoms with Gasteiger partial charge in [0.25, 0.3) is 0 Å². The first kappa shape index (κ1) is 11.9. The molecular weight excluding hydrogens is 238 g/mol. The SMILES string of the molecule is CCc1c(C)nc(Cl)nc1Nc1cc(C)[nH]n1. The van der Waals surface area contributed by atoms with Gasteiger partial charge < -0.3 is 5.32 Å². The normalized spacial score (nSPS) is 10.6. The molecule has 0 saturated heterocycles. The predicted molar refractivity (Wildman–Crippen MR) is 67.8 cm³/mol. The largest absolute Gasteiger partial charge is 0.323 e. The topological polar surface area (TPSA) is 66.5 Å². The summed E-state index contributed by atoms with van der Waals surface area (Å²) in [5, 5.41) is 10.4. The fourth-order valence-corrected chi connectivity index (χ4v) is 1.90. The molecular formula is C11H14ClN5. The third-order valence-electron chi connectivity index (χ3n) is 2.49. The van der Waals surface area contributed by atoms with Crippen LogP contribution in [0.2, 0.25) is 5.28 Å². The van der Waals surface area contributed by atoms with Crippen LogP contribution in [0.3, 0.4) is 0 Å². The Kier molecular flexibility index (Phi) is 3.28. The van der Waals surface area contributed by atoms with E-state index in [9.17, 15) is 0 Å². The lowest BCUT2D eigenvalue weighted by Crippen LogP contribution is -2.03. The van der Waals surface area contributed by atoms with E-state index in [1.807, 2.05) is 19.9 Å². The minimum Gasteiger partial charge on any atom is -0.323 e. The molecule has 0 saturated carbocycles. The second-order valence-corrected chi connectivity index (χ2v) is 4.16. The molecule has 0 radical (unpaired) electrons. The van der Waals surface area contributed by atoms with Crippen LogP contribution in [0, 0.1) is 13.8 Å². The van der Waals surface area contributed by atoms with Gasteiger partial charge in [-0.05, 0) is 31.9 Å². The van der Waals surface area contributed by atoms with E-state index in [1.54, 1.807) is 0 Å². The Hall–Kier alpha value is -1.62. The average Bonchev–Trinajstić information content (AvgIpc) is 2.63. The van der Waals surface area contributed by atoms with Crippen LogP contribution in [-0.2, 0) is 6.42 Å². The summed E-state index contributed by atoms with van der Waals surface area (Å²) in [5.41, 5.74) is 2.93. The Morgan fingerprint density at radius 3 is 2.71 bits per heavy atom. The van der Waals surface area contributed by atoms with Crippen LogP contribution < -0.4 is 5.32 Å². The Labute approximate surface area is 105 Å². The van der Waals surface area contributed by atoms with Crippen molar-refractivity contribution in [1.29, 1.82) is 0 Å². The highest BCUT2D eigenvalue weighted by atomic mass is 35.5. The Morgan fingerprint density at radius 1 is 1.35 bits per heavy atom. The summed E-state index contributed by atoms with van der Waals surface area (Å²) < 4.78 is 0. The van der Waals surface area contributed by atoms with Gasteiger partial charge in [-0.2, -0.15) is 5.10 Å². The number of rotatable bonds is 3. The van der Waals surface area contributed by atoms with Gasteiger partial charge in [-0.25, -0.2) is 9.97 Å². The lowest BCUT2D eigenvalue weighted by molar-refractivity contribution is 0.993. The summed E-state index contributed by atoms with van der Waals surface area (Å²) in [7, 11) is 0. The van der Waals surface area contributed by atoms with Crippen molar-refractivity contribution >= 4 is 23.2 Å². The molecule has 2 heterocycles. The summed E-state index contributed by atoms with van der Waals surface area (Å²) in [4.78, 5) is 8.34. The number of hydrogen-bond donors (Lipinski definition) is 2. The van der Waals surface area contributed by atoms with Gasteiger partial charge in [0.05, 0.1) is 0 Å². The molecule has 0 amide bonds. The molecule has 0 bridgehead atoms. The van der Waals surface area contributed by atoms with Gasteiger partial charge in [0, 0.05) is 23.0 Å². The van der Waals surface area contributed by atoms with Crippen LogP contribution in [0.4, 0.5) is 11.6 Å². The number of aromatic amines is 1. The highest BCUT2D eigenvalue weighted by Gasteiger charge is 2.10. The quantitative estimate of drug-likeness (QED) is 0.824. The molecule has 0 aromatic carbocycles. The minimum absolute atomic E-state index is 0.245. The van der Waals surface area contributed by atoms with E-state index in [2.05, 4.69) is 32.4 Å². The van der Waals surface area contributed by atoms with Crippen molar-refractivity contribution < 1.29 is 0 Å². The van der Waals surface area contributed by atoms with Crippen molar-refractivity contribution in [3.05, 3.63) is 28.3 Å². The summed E-state index contributed by atoms with van der Waals surface area (Å²) >= 11 is 5.86. The molecule has 0 aliphatic rings. The van der Waals surface area contributed by atoms with Crippen molar-refractivity contribution in [2.24, 2.45) is 0 Å². The number of H-pyrrole nitrogens is 1. The predicted octanol–water partition coefficient (Wildman–Crippen LogP) is 2.78. The van der Waals surface area contributed by atoms with Crippen LogP contribution >= 0.6 is 11.6 Å². The molecule has 0 aliphatic heterocycles. The minimum atomic E-state index is 0.245. The van der Waals surface area contributed by atoms with E-state index in [4.69, 9.17) is 11.6 Å². The second kappa shape index (κ2) is 4.71. The smallest absolute Gasteiger partial charge is 0.224 e. The third kappa shape index (κ3) is 2.55. The van der Waals surface area contributed by atoms with Gasteiger partial charge in [-0.1, -0.05) is 6.92 Å². The number of aromatic nitrogens is 4. The monoisotopic (exact) mass is 251 g/mol. The van der Waals surface area contributed by atoms with E-state index in [0.29, 0.717) is 0 Å². The van der Waals surface area contributed by atoms with Crippen LogP contribution in [0.1, 0.15) is 23.9 Å². The molecule has 2 rings (SSSR count). The standard InChI is InChI=1S/C11H14ClN5/c1-4-8-7(3)13-11(12)15-10(8)14-9-5-6(2)16-17-9/h5H,4H2,1-3H3,(H2,13,14,15,16,17). The van der Waals surface area contributed by atoms with E-state index in [1.165, 1.54) is 0 Å². The maximum atomic E-state index is 5.86. The summed E-state index contributed by atoms with van der Waals surface area (Å²) in [6.07, 6.45) is 0.842. The number of nitrogens with one attached hydrogen (secondary N) is 2. The molecule has 5 nitrogen and oxygen atoms in total. The Morgan fingerprint density at radius 2 is 2.12 bits per heavy atom. The fraction of sp³-hybridized carbons (Fsp3) is 0.364. The van der Waals surface area contributed by atoms with Crippen molar-refractivity contribution in [3.8, 4) is 0 Å². The molecule has 0 unspecified atom stereocenters. The number of aryl methyl sites for hydroxylation is 2. The van der Waals surface area contributed by atoms with Crippen LogP contribution in [-0.4, -0.2) is 20.2 Å². The number of hydrogen-bond acceptors (Lipinski definition) is 4. The first-order valence-electron chi connectivity index (χ1n) is 5.42. The zero-order chi connectivity index (χ0) is 12.4. The van der Waals surface area contributed by atoms with Crippen LogP contribution in [0.25, 0.3) is 0 Å². The van der Waals surface area contributed by atoms with E-state index >= 15 is 0 Å². The molecule has 6 heteroatoms. The van der Waals surface area contributed by atoms with Gasteiger partial charge in [-0.3, -0.25) is 5.10 Å². The van der Waals surface area contributed by atoms with Gasteiger partial charge in [0.2, 0.25) is 5.28 Å². The lowest BCUT2D eigenvalue weighted by atomic mass is 10.2. The number of nitrogens with zero attached hydrogens (tertiary/aromatic N) is 3. The van der Waals surface area contributed by atoms with E-state index in [0.717, 1.165) is 35.0 Å². The molecule has 0 fully saturated rings.